The normalized spacial score (nSPS) is 17.3. The molecule has 1 saturated heterocycles. The van der Waals surface area contributed by atoms with E-state index in [-0.39, 0.29) is 11.8 Å². The molecule has 1 aliphatic heterocycles. The number of benzene rings is 1. The number of aromatic nitrogens is 3. The Hall–Kier alpha value is -2.89. The van der Waals surface area contributed by atoms with Crippen molar-refractivity contribution < 1.29 is 9.32 Å². The molecule has 0 radical (unpaired) electrons. The lowest BCUT2D eigenvalue weighted by Crippen LogP contribution is -2.39. The Kier molecular flexibility index (Phi) is 4.56. The molecule has 1 fully saturated rings. The molecule has 0 spiro atoms. The topological polar surface area (TPSA) is 64.2 Å². The van der Waals surface area contributed by atoms with E-state index >= 15 is 0 Å². The average Bonchev–Trinajstić information content (AvgIpc) is 3.25. The van der Waals surface area contributed by atoms with Gasteiger partial charge < -0.3 is 14.0 Å². The zero-order valence-electron chi connectivity index (χ0n) is 16.0. The number of likely N-dealkylation sites (tertiary alicyclic amines) is 1. The first-order valence-corrected chi connectivity index (χ1v) is 9.38. The third kappa shape index (κ3) is 3.27. The van der Waals surface area contributed by atoms with Crippen molar-refractivity contribution in [2.75, 3.05) is 13.1 Å². The van der Waals surface area contributed by atoms with E-state index in [1.165, 1.54) is 0 Å². The van der Waals surface area contributed by atoms with E-state index in [1.807, 2.05) is 49.9 Å². The van der Waals surface area contributed by atoms with Crippen LogP contribution in [-0.4, -0.2) is 38.6 Å². The summed E-state index contributed by atoms with van der Waals surface area (Å²) in [5.74, 6) is 1.47. The van der Waals surface area contributed by atoms with Crippen molar-refractivity contribution in [1.29, 1.82) is 0 Å². The molecule has 0 saturated carbocycles. The lowest BCUT2D eigenvalue weighted by Gasteiger charge is -2.31. The van der Waals surface area contributed by atoms with Gasteiger partial charge in [-0.15, -0.1) is 0 Å². The number of rotatable bonds is 3. The molecule has 140 valence electrons. The Morgan fingerprint density at radius 3 is 2.67 bits per heavy atom. The van der Waals surface area contributed by atoms with Crippen LogP contribution in [0.5, 0.6) is 0 Å². The standard InChI is InChI=1S/C21H24N4O2/c1-14-12-19(15(2)25(14)18-9-5-4-6-10-18)21(26)24-11-7-8-17(13-24)20-22-16(3)23-27-20/h4-6,9-10,12,17H,7-8,11,13H2,1-3H3. The highest BCUT2D eigenvalue weighted by Crippen LogP contribution is 2.28. The summed E-state index contributed by atoms with van der Waals surface area (Å²) in [5.41, 5.74) is 3.87. The van der Waals surface area contributed by atoms with Crippen molar-refractivity contribution in [2.24, 2.45) is 0 Å². The van der Waals surface area contributed by atoms with Gasteiger partial charge in [-0.1, -0.05) is 23.4 Å². The van der Waals surface area contributed by atoms with Gasteiger partial charge in [-0.3, -0.25) is 4.79 Å². The predicted molar refractivity (Wildman–Crippen MR) is 102 cm³/mol. The van der Waals surface area contributed by atoms with E-state index in [9.17, 15) is 4.79 Å². The highest BCUT2D eigenvalue weighted by molar-refractivity contribution is 5.96. The predicted octanol–water partition coefficient (Wildman–Crippen LogP) is 3.81. The number of aryl methyl sites for hydroxylation is 2. The molecule has 1 unspecified atom stereocenters. The molecule has 1 aromatic carbocycles. The summed E-state index contributed by atoms with van der Waals surface area (Å²) in [6.45, 7) is 7.25. The van der Waals surface area contributed by atoms with Crippen LogP contribution in [-0.2, 0) is 0 Å². The van der Waals surface area contributed by atoms with Crippen LogP contribution in [0.2, 0.25) is 0 Å². The Morgan fingerprint density at radius 1 is 1.19 bits per heavy atom. The zero-order chi connectivity index (χ0) is 19.0. The second-order valence-electron chi connectivity index (χ2n) is 7.23. The third-order valence-corrected chi connectivity index (χ3v) is 5.28. The lowest BCUT2D eigenvalue weighted by atomic mass is 9.97. The van der Waals surface area contributed by atoms with E-state index in [0.717, 1.165) is 42.0 Å². The maximum atomic E-state index is 13.2. The van der Waals surface area contributed by atoms with Crippen molar-refractivity contribution in [3.05, 3.63) is 65.1 Å². The molecule has 27 heavy (non-hydrogen) atoms. The Morgan fingerprint density at radius 2 is 1.96 bits per heavy atom. The van der Waals surface area contributed by atoms with Crippen molar-refractivity contribution >= 4 is 5.91 Å². The number of amides is 1. The summed E-state index contributed by atoms with van der Waals surface area (Å²) in [5, 5.41) is 3.89. The minimum absolute atomic E-state index is 0.0752. The first-order chi connectivity index (χ1) is 13.0. The molecule has 1 aliphatic rings. The van der Waals surface area contributed by atoms with Crippen molar-refractivity contribution in [3.8, 4) is 5.69 Å². The maximum Gasteiger partial charge on any atom is 0.255 e. The van der Waals surface area contributed by atoms with Gasteiger partial charge in [-0.05, 0) is 51.8 Å². The molecular weight excluding hydrogens is 340 g/mol. The molecule has 0 bridgehead atoms. The van der Waals surface area contributed by atoms with E-state index in [4.69, 9.17) is 4.52 Å². The average molecular weight is 364 g/mol. The quantitative estimate of drug-likeness (QED) is 0.709. The van der Waals surface area contributed by atoms with Gasteiger partial charge in [-0.25, -0.2) is 0 Å². The van der Waals surface area contributed by atoms with Crippen LogP contribution in [0.4, 0.5) is 0 Å². The SMILES string of the molecule is Cc1noc(C2CCCN(C(=O)c3cc(C)n(-c4ccccc4)c3C)C2)n1. The molecule has 6 nitrogen and oxygen atoms in total. The van der Waals surface area contributed by atoms with Gasteiger partial charge in [0, 0.05) is 30.2 Å². The molecule has 4 rings (SSSR count). The molecule has 6 heteroatoms. The van der Waals surface area contributed by atoms with Gasteiger partial charge in [-0.2, -0.15) is 4.98 Å². The first kappa shape index (κ1) is 17.5. The van der Waals surface area contributed by atoms with Crippen molar-refractivity contribution in [3.63, 3.8) is 0 Å². The smallest absolute Gasteiger partial charge is 0.255 e. The highest BCUT2D eigenvalue weighted by Gasteiger charge is 2.30. The second kappa shape index (κ2) is 7.02. The van der Waals surface area contributed by atoms with E-state index < -0.39 is 0 Å². The molecule has 1 amide bonds. The summed E-state index contributed by atoms with van der Waals surface area (Å²) in [4.78, 5) is 19.5. The molecular formula is C21H24N4O2. The van der Waals surface area contributed by atoms with Crippen LogP contribution in [0, 0.1) is 20.8 Å². The Bertz CT molecular complexity index is 958. The van der Waals surface area contributed by atoms with Gasteiger partial charge >= 0.3 is 0 Å². The fourth-order valence-electron chi connectivity index (χ4n) is 3.97. The number of carbonyl (C=O) groups is 1. The summed E-state index contributed by atoms with van der Waals surface area (Å²) < 4.78 is 7.47. The summed E-state index contributed by atoms with van der Waals surface area (Å²) in [6.07, 6.45) is 1.91. The van der Waals surface area contributed by atoms with Crippen molar-refractivity contribution in [2.45, 2.75) is 39.5 Å². The first-order valence-electron chi connectivity index (χ1n) is 9.38. The van der Waals surface area contributed by atoms with Gasteiger partial charge in [0.25, 0.3) is 5.91 Å². The minimum Gasteiger partial charge on any atom is -0.339 e. The van der Waals surface area contributed by atoms with Gasteiger partial charge in [0.05, 0.1) is 11.5 Å². The van der Waals surface area contributed by atoms with E-state index in [2.05, 4.69) is 26.8 Å². The maximum absolute atomic E-state index is 13.2. The van der Waals surface area contributed by atoms with Crippen LogP contribution in [0.25, 0.3) is 5.69 Å². The number of carbonyl (C=O) groups excluding carboxylic acids is 1. The number of hydrogen-bond acceptors (Lipinski definition) is 4. The zero-order valence-corrected chi connectivity index (χ0v) is 16.0. The third-order valence-electron chi connectivity index (χ3n) is 5.28. The van der Waals surface area contributed by atoms with Crippen LogP contribution in [0.3, 0.4) is 0 Å². The van der Waals surface area contributed by atoms with Crippen LogP contribution >= 0.6 is 0 Å². The van der Waals surface area contributed by atoms with Crippen LogP contribution in [0.1, 0.15) is 52.2 Å². The minimum atomic E-state index is 0.0752. The summed E-state index contributed by atoms with van der Waals surface area (Å²) in [6, 6.07) is 12.1. The second-order valence-corrected chi connectivity index (χ2v) is 7.23. The molecule has 3 aromatic rings. The number of hydrogen-bond donors (Lipinski definition) is 0. The Labute approximate surface area is 158 Å². The van der Waals surface area contributed by atoms with Crippen LogP contribution < -0.4 is 0 Å². The van der Waals surface area contributed by atoms with Gasteiger partial charge in [0.15, 0.2) is 5.82 Å². The molecule has 2 aromatic heterocycles. The van der Waals surface area contributed by atoms with Crippen molar-refractivity contribution in [1.82, 2.24) is 19.6 Å². The summed E-state index contributed by atoms with van der Waals surface area (Å²) >= 11 is 0. The highest BCUT2D eigenvalue weighted by atomic mass is 16.5. The Balaban J connectivity index is 1.59. The largest absolute Gasteiger partial charge is 0.339 e. The van der Waals surface area contributed by atoms with E-state index in [0.29, 0.717) is 18.3 Å². The van der Waals surface area contributed by atoms with E-state index in [1.54, 1.807) is 0 Å². The fraction of sp³-hybridized carbons (Fsp3) is 0.381. The molecule has 0 aliphatic carbocycles. The molecule has 1 atom stereocenters. The van der Waals surface area contributed by atoms with Gasteiger partial charge in [0.2, 0.25) is 5.89 Å². The molecule has 3 heterocycles. The van der Waals surface area contributed by atoms with Crippen LogP contribution in [0.15, 0.2) is 40.9 Å². The number of piperidine rings is 1. The van der Waals surface area contributed by atoms with Gasteiger partial charge in [0.1, 0.15) is 0 Å². The summed E-state index contributed by atoms with van der Waals surface area (Å²) in [7, 11) is 0. The lowest BCUT2D eigenvalue weighted by molar-refractivity contribution is 0.0695. The monoisotopic (exact) mass is 364 g/mol. The number of para-hydroxylation sites is 1. The number of nitrogens with zero attached hydrogens (tertiary/aromatic N) is 4. The molecule has 0 N–H and O–H groups in total. The fourth-order valence-corrected chi connectivity index (χ4v) is 3.97.